The van der Waals surface area contributed by atoms with Gasteiger partial charge in [0, 0.05) is 16.7 Å². The van der Waals surface area contributed by atoms with Gasteiger partial charge in [-0.1, -0.05) is 17.7 Å². The van der Waals surface area contributed by atoms with Crippen LogP contribution in [0.25, 0.3) is 0 Å². The number of rotatable bonds is 4. The Balaban J connectivity index is 2.37. The molecule has 1 atom stereocenters. The van der Waals surface area contributed by atoms with E-state index in [2.05, 4.69) is 15.6 Å². The van der Waals surface area contributed by atoms with Gasteiger partial charge in [0.25, 0.3) is 0 Å². The van der Waals surface area contributed by atoms with Crippen LogP contribution in [0, 0.1) is 5.82 Å². The van der Waals surface area contributed by atoms with E-state index in [0.29, 0.717) is 22.2 Å². The molecule has 1 aromatic carbocycles. The summed E-state index contributed by atoms with van der Waals surface area (Å²) in [6.45, 7) is 0. The van der Waals surface area contributed by atoms with Crippen molar-refractivity contribution in [3.63, 3.8) is 0 Å². The molecule has 0 fully saturated rings. The van der Waals surface area contributed by atoms with E-state index in [1.54, 1.807) is 24.3 Å². The summed E-state index contributed by atoms with van der Waals surface area (Å²) in [6, 6.07) is 7.02. The highest BCUT2D eigenvalue weighted by Crippen LogP contribution is 2.24. The second-order valence-electron chi connectivity index (χ2n) is 3.77. The van der Waals surface area contributed by atoms with Gasteiger partial charge in [0.15, 0.2) is 0 Å². The first kappa shape index (κ1) is 13.7. The third-order valence-corrected chi connectivity index (χ3v) is 2.84. The van der Waals surface area contributed by atoms with Crippen molar-refractivity contribution in [2.45, 2.75) is 6.04 Å². The Morgan fingerprint density at radius 3 is 2.63 bits per heavy atom. The lowest BCUT2D eigenvalue weighted by atomic mass is 10.0. The SMILES string of the molecule is COc1ccc(C(NN)c2ccc(Cl)cc2F)nn1. The minimum absolute atomic E-state index is 0.317. The van der Waals surface area contributed by atoms with E-state index in [0.717, 1.165) is 0 Å². The van der Waals surface area contributed by atoms with Crippen LogP contribution in [0.3, 0.4) is 0 Å². The predicted octanol–water partition coefficient (Wildman–Crippen LogP) is 1.83. The summed E-state index contributed by atoms with van der Waals surface area (Å²) in [7, 11) is 1.49. The summed E-state index contributed by atoms with van der Waals surface area (Å²) in [5.41, 5.74) is 3.32. The molecule has 3 N–H and O–H groups in total. The Labute approximate surface area is 114 Å². The molecule has 0 aliphatic carbocycles. The van der Waals surface area contributed by atoms with Gasteiger partial charge in [-0.25, -0.2) is 9.82 Å². The van der Waals surface area contributed by atoms with Crippen LogP contribution < -0.4 is 16.0 Å². The fraction of sp³-hybridized carbons (Fsp3) is 0.167. The minimum Gasteiger partial charge on any atom is -0.480 e. The zero-order valence-corrected chi connectivity index (χ0v) is 10.9. The van der Waals surface area contributed by atoms with Gasteiger partial charge in [-0.3, -0.25) is 5.84 Å². The van der Waals surface area contributed by atoms with E-state index in [1.807, 2.05) is 0 Å². The Kier molecular flexibility index (Phi) is 4.26. The van der Waals surface area contributed by atoms with E-state index in [1.165, 1.54) is 13.2 Å². The maximum Gasteiger partial charge on any atom is 0.233 e. The molecule has 0 bridgehead atoms. The summed E-state index contributed by atoms with van der Waals surface area (Å²) < 4.78 is 18.8. The number of ether oxygens (including phenoxy) is 1. The van der Waals surface area contributed by atoms with Crippen LogP contribution in [0.5, 0.6) is 5.88 Å². The molecular formula is C12H12ClFN4O. The fourth-order valence-electron chi connectivity index (χ4n) is 1.66. The number of benzene rings is 1. The first-order chi connectivity index (χ1) is 9.15. The van der Waals surface area contributed by atoms with Crippen LogP contribution in [0.4, 0.5) is 4.39 Å². The quantitative estimate of drug-likeness (QED) is 0.661. The molecule has 2 rings (SSSR count). The highest BCUT2D eigenvalue weighted by atomic mass is 35.5. The van der Waals surface area contributed by atoms with Crippen LogP contribution in [0.1, 0.15) is 17.3 Å². The Morgan fingerprint density at radius 1 is 1.32 bits per heavy atom. The molecule has 0 amide bonds. The van der Waals surface area contributed by atoms with E-state index < -0.39 is 11.9 Å². The van der Waals surface area contributed by atoms with Crippen LogP contribution in [0.2, 0.25) is 5.02 Å². The monoisotopic (exact) mass is 282 g/mol. The molecule has 0 saturated heterocycles. The van der Waals surface area contributed by atoms with Gasteiger partial charge in [-0.15, -0.1) is 10.2 Å². The Hall–Kier alpha value is -1.76. The molecule has 5 nitrogen and oxygen atoms in total. The lowest BCUT2D eigenvalue weighted by Crippen LogP contribution is -2.30. The van der Waals surface area contributed by atoms with Gasteiger partial charge in [-0.2, -0.15) is 0 Å². The number of halogens is 2. The van der Waals surface area contributed by atoms with Crippen molar-refractivity contribution in [3.8, 4) is 5.88 Å². The highest BCUT2D eigenvalue weighted by Gasteiger charge is 2.18. The molecule has 0 aliphatic rings. The Bertz CT molecular complexity index is 564. The molecule has 0 saturated carbocycles. The number of hydrazine groups is 1. The van der Waals surface area contributed by atoms with E-state index in [9.17, 15) is 4.39 Å². The molecule has 1 unspecified atom stereocenters. The van der Waals surface area contributed by atoms with E-state index in [4.69, 9.17) is 22.2 Å². The number of nitrogens with two attached hydrogens (primary N) is 1. The molecule has 1 heterocycles. The number of nitrogens with zero attached hydrogens (tertiary/aromatic N) is 2. The topological polar surface area (TPSA) is 73.1 Å². The van der Waals surface area contributed by atoms with Crippen molar-refractivity contribution in [3.05, 3.63) is 52.4 Å². The summed E-state index contributed by atoms with van der Waals surface area (Å²) in [5, 5.41) is 8.08. The number of methoxy groups -OCH3 is 1. The van der Waals surface area contributed by atoms with Gasteiger partial charge in [0.2, 0.25) is 5.88 Å². The molecule has 0 radical (unpaired) electrons. The summed E-state index contributed by atoms with van der Waals surface area (Å²) in [5.74, 6) is 5.37. The molecule has 0 spiro atoms. The van der Waals surface area contributed by atoms with Crippen LogP contribution in [-0.4, -0.2) is 17.3 Å². The molecule has 0 aliphatic heterocycles. The second kappa shape index (κ2) is 5.92. The number of hydrogen-bond acceptors (Lipinski definition) is 5. The van der Waals surface area contributed by atoms with Crippen molar-refractivity contribution >= 4 is 11.6 Å². The zero-order chi connectivity index (χ0) is 13.8. The lowest BCUT2D eigenvalue weighted by Gasteiger charge is -2.16. The van der Waals surface area contributed by atoms with Crippen LogP contribution >= 0.6 is 11.6 Å². The van der Waals surface area contributed by atoms with Crippen molar-refractivity contribution < 1.29 is 9.13 Å². The van der Waals surface area contributed by atoms with Gasteiger partial charge in [0.1, 0.15) is 5.82 Å². The molecule has 7 heteroatoms. The average molecular weight is 283 g/mol. The maximum atomic E-state index is 13.9. The molecule has 2 aromatic rings. The van der Waals surface area contributed by atoms with Crippen molar-refractivity contribution in [2.24, 2.45) is 5.84 Å². The van der Waals surface area contributed by atoms with Gasteiger partial charge < -0.3 is 4.74 Å². The largest absolute Gasteiger partial charge is 0.480 e. The zero-order valence-electron chi connectivity index (χ0n) is 10.1. The average Bonchev–Trinajstić information content (AvgIpc) is 2.42. The molecular weight excluding hydrogens is 271 g/mol. The van der Waals surface area contributed by atoms with Gasteiger partial charge in [-0.05, 0) is 18.2 Å². The number of hydrogen-bond donors (Lipinski definition) is 2. The van der Waals surface area contributed by atoms with Crippen LogP contribution in [-0.2, 0) is 0 Å². The number of nitrogens with one attached hydrogen (secondary N) is 1. The van der Waals surface area contributed by atoms with Crippen molar-refractivity contribution in [1.82, 2.24) is 15.6 Å². The van der Waals surface area contributed by atoms with Crippen molar-refractivity contribution in [1.29, 1.82) is 0 Å². The summed E-state index contributed by atoms with van der Waals surface area (Å²) in [4.78, 5) is 0. The fourth-order valence-corrected chi connectivity index (χ4v) is 1.82. The van der Waals surface area contributed by atoms with Gasteiger partial charge in [0.05, 0.1) is 18.8 Å². The highest BCUT2D eigenvalue weighted by molar-refractivity contribution is 6.30. The maximum absolute atomic E-state index is 13.9. The molecule has 19 heavy (non-hydrogen) atoms. The van der Waals surface area contributed by atoms with Crippen molar-refractivity contribution in [2.75, 3.05) is 7.11 Å². The predicted molar refractivity (Wildman–Crippen MR) is 69.2 cm³/mol. The smallest absolute Gasteiger partial charge is 0.233 e. The third kappa shape index (κ3) is 2.98. The van der Waals surface area contributed by atoms with E-state index in [-0.39, 0.29) is 0 Å². The van der Waals surface area contributed by atoms with Gasteiger partial charge >= 0.3 is 0 Å². The Morgan fingerprint density at radius 2 is 2.11 bits per heavy atom. The van der Waals surface area contributed by atoms with Crippen LogP contribution in [0.15, 0.2) is 30.3 Å². The molecule has 1 aromatic heterocycles. The second-order valence-corrected chi connectivity index (χ2v) is 4.20. The molecule has 100 valence electrons. The lowest BCUT2D eigenvalue weighted by molar-refractivity contribution is 0.390. The normalized spacial score (nSPS) is 12.2. The first-order valence-corrected chi connectivity index (χ1v) is 5.82. The minimum atomic E-state index is -0.615. The standard InChI is InChI=1S/C12H12ClFN4O/c1-19-11-5-4-10(17-18-11)12(16-15)8-3-2-7(13)6-9(8)14/h2-6,12,16H,15H2,1H3. The summed E-state index contributed by atoms with van der Waals surface area (Å²) >= 11 is 5.71. The first-order valence-electron chi connectivity index (χ1n) is 5.44. The number of aromatic nitrogens is 2. The van der Waals surface area contributed by atoms with E-state index >= 15 is 0 Å². The summed E-state index contributed by atoms with van der Waals surface area (Å²) in [6.07, 6.45) is 0. The third-order valence-electron chi connectivity index (χ3n) is 2.61.